The molecular weight excluding hydrogens is 347 g/mol. The standard InChI is InChI=1S/C28H30B/c1-19(2)27-18-23(11-16-26(27)21(4)29)17-22-9-14-25(15-10-22)28(5,6)24-12-7-20(3)8-13-24/h7-16,18H,1,17H2,2-6H3. The molecule has 0 amide bonds. The van der Waals surface area contributed by atoms with Crippen LogP contribution in [0.1, 0.15) is 66.6 Å². The van der Waals surface area contributed by atoms with Gasteiger partial charge in [0.15, 0.2) is 0 Å². The Kier molecular flexibility index (Phi) is 6.08. The molecule has 0 unspecified atom stereocenters. The molecule has 0 aliphatic heterocycles. The zero-order chi connectivity index (χ0) is 21.2. The zero-order valence-corrected chi connectivity index (χ0v) is 18.3. The van der Waals surface area contributed by atoms with E-state index in [2.05, 4.69) is 94.1 Å². The third kappa shape index (κ3) is 4.67. The molecule has 0 fully saturated rings. The van der Waals surface area contributed by atoms with Gasteiger partial charge in [-0.25, -0.2) is 0 Å². The predicted octanol–water partition coefficient (Wildman–Crippen LogP) is 6.65. The Hall–Kier alpha value is -2.67. The Labute approximate surface area is 177 Å². The van der Waals surface area contributed by atoms with E-state index >= 15 is 0 Å². The second-order valence-electron chi connectivity index (χ2n) is 8.71. The van der Waals surface area contributed by atoms with Gasteiger partial charge in [0.05, 0.1) is 0 Å². The van der Waals surface area contributed by atoms with Crippen molar-refractivity contribution in [3.8, 4) is 0 Å². The molecule has 0 saturated carbocycles. The van der Waals surface area contributed by atoms with Crippen molar-refractivity contribution in [2.24, 2.45) is 0 Å². The fraction of sp³-hybridized carbons (Fsp3) is 0.250. The topological polar surface area (TPSA) is 0 Å². The Morgan fingerprint density at radius 1 is 0.793 bits per heavy atom. The Bertz CT molecular complexity index is 1030. The Morgan fingerprint density at radius 2 is 1.31 bits per heavy atom. The van der Waals surface area contributed by atoms with Gasteiger partial charge in [-0.1, -0.05) is 29.8 Å². The van der Waals surface area contributed by atoms with E-state index in [0.29, 0.717) is 0 Å². The fourth-order valence-corrected chi connectivity index (χ4v) is 3.81. The third-order valence-corrected chi connectivity index (χ3v) is 5.83. The van der Waals surface area contributed by atoms with Gasteiger partial charge < -0.3 is 0 Å². The van der Waals surface area contributed by atoms with E-state index in [9.17, 15) is 0 Å². The van der Waals surface area contributed by atoms with E-state index in [1.165, 1.54) is 27.8 Å². The quantitative estimate of drug-likeness (QED) is 0.422. The normalized spacial score (nSPS) is 11.3. The number of rotatable bonds is 6. The minimum absolute atomic E-state index is 0.0184. The molecule has 0 aliphatic rings. The Balaban J connectivity index is 1.84. The van der Waals surface area contributed by atoms with Crippen molar-refractivity contribution in [1.82, 2.24) is 0 Å². The van der Waals surface area contributed by atoms with E-state index in [-0.39, 0.29) is 5.41 Å². The van der Waals surface area contributed by atoms with Crippen LogP contribution in [0.4, 0.5) is 0 Å². The number of aryl methyl sites for hydroxylation is 1. The molecular formula is C28H30B. The number of hydrogen-bond acceptors (Lipinski definition) is 0. The summed E-state index contributed by atoms with van der Waals surface area (Å²) in [6, 6.07) is 24.4. The predicted molar refractivity (Wildman–Crippen MR) is 129 cm³/mol. The SMILES string of the molecule is [B]=C(C)c1ccc(Cc2ccc(C(C)(C)c3ccc(C)cc3)cc2)cc1C(=C)C. The number of allylic oxidation sites excluding steroid dienone is 1. The van der Waals surface area contributed by atoms with E-state index in [0.717, 1.165) is 28.6 Å². The summed E-state index contributed by atoms with van der Waals surface area (Å²) >= 11 is 0. The van der Waals surface area contributed by atoms with Gasteiger partial charge in [0.2, 0.25) is 0 Å². The summed E-state index contributed by atoms with van der Waals surface area (Å²) in [5.41, 5.74) is 10.6. The molecule has 145 valence electrons. The molecule has 1 radical (unpaired) electrons. The molecule has 0 spiro atoms. The van der Waals surface area contributed by atoms with Gasteiger partial charge in [-0.2, -0.15) is 0 Å². The molecule has 0 N–H and O–H groups in total. The first-order chi connectivity index (χ1) is 13.7. The second-order valence-corrected chi connectivity index (χ2v) is 8.71. The van der Waals surface area contributed by atoms with Crippen LogP contribution in [-0.2, 0) is 11.8 Å². The van der Waals surface area contributed by atoms with Crippen LogP contribution >= 0.6 is 0 Å². The maximum atomic E-state index is 6.04. The van der Waals surface area contributed by atoms with Crippen LogP contribution in [0, 0.1) is 6.92 Å². The zero-order valence-electron chi connectivity index (χ0n) is 18.3. The van der Waals surface area contributed by atoms with Crippen molar-refractivity contribution in [3.05, 3.63) is 112 Å². The van der Waals surface area contributed by atoms with Crippen LogP contribution in [0.5, 0.6) is 0 Å². The Morgan fingerprint density at radius 3 is 1.83 bits per heavy atom. The third-order valence-electron chi connectivity index (χ3n) is 5.83. The summed E-state index contributed by atoms with van der Waals surface area (Å²) in [6.07, 6.45) is 0.898. The van der Waals surface area contributed by atoms with Crippen LogP contribution in [0.3, 0.4) is 0 Å². The van der Waals surface area contributed by atoms with Crippen molar-refractivity contribution in [2.45, 2.75) is 46.5 Å². The number of hydrogen-bond donors (Lipinski definition) is 0. The molecule has 3 aromatic rings. The van der Waals surface area contributed by atoms with Gasteiger partial charge in [0, 0.05) is 0 Å². The molecule has 0 heterocycles. The van der Waals surface area contributed by atoms with Crippen LogP contribution in [0.15, 0.2) is 73.3 Å². The van der Waals surface area contributed by atoms with Gasteiger partial charge >= 0.3 is 140 Å². The van der Waals surface area contributed by atoms with Crippen molar-refractivity contribution >= 4 is 18.5 Å². The molecule has 0 aromatic heterocycles. The van der Waals surface area contributed by atoms with E-state index in [1.807, 2.05) is 13.8 Å². The van der Waals surface area contributed by atoms with Crippen LogP contribution in [0.25, 0.3) is 5.57 Å². The second kappa shape index (κ2) is 8.37. The molecule has 0 saturated heterocycles. The van der Waals surface area contributed by atoms with Crippen molar-refractivity contribution in [2.75, 3.05) is 0 Å². The summed E-state index contributed by atoms with van der Waals surface area (Å²) in [5.74, 6) is 0. The van der Waals surface area contributed by atoms with E-state index < -0.39 is 0 Å². The van der Waals surface area contributed by atoms with Gasteiger partial charge in [-0.3, -0.25) is 0 Å². The average Bonchev–Trinajstić information content (AvgIpc) is 2.68. The van der Waals surface area contributed by atoms with Crippen molar-refractivity contribution < 1.29 is 0 Å². The summed E-state index contributed by atoms with van der Waals surface area (Å²) in [5, 5.41) is 0. The minimum atomic E-state index is -0.0184. The summed E-state index contributed by atoms with van der Waals surface area (Å²) in [6.45, 7) is 14.8. The first-order valence-corrected chi connectivity index (χ1v) is 10.2. The molecule has 0 aliphatic carbocycles. The van der Waals surface area contributed by atoms with Crippen molar-refractivity contribution in [3.63, 3.8) is 0 Å². The van der Waals surface area contributed by atoms with Gasteiger partial charge in [0.25, 0.3) is 0 Å². The van der Waals surface area contributed by atoms with Crippen LogP contribution < -0.4 is 0 Å². The molecule has 29 heavy (non-hydrogen) atoms. The summed E-state index contributed by atoms with van der Waals surface area (Å²) < 4.78 is 0. The van der Waals surface area contributed by atoms with Gasteiger partial charge in [-0.15, -0.1) is 0 Å². The van der Waals surface area contributed by atoms with Gasteiger partial charge in [-0.05, 0) is 6.92 Å². The number of benzene rings is 3. The average molecular weight is 377 g/mol. The fourth-order valence-electron chi connectivity index (χ4n) is 3.81. The van der Waals surface area contributed by atoms with E-state index in [4.69, 9.17) is 7.49 Å². The van der Waals surface area contributed by atoms with E-state index in [1.54, 1.807) is 0 Å². The van der Waals surface area contributed by atoms with Crippen molar-refractivity contribution in [1.29, 1.82) is 0 Å². The molecule has 3 aromatic carbocycles. The van der Waals surface area contributed by atoms with Crippen LogP contribution in [-0.4, -0.2) is 13.0 Å². The summed E-state index contributed by atoms with van der Waals surface area (Å²) in [7, 11) is 6.04. The molecule has 0 nitrogen and oxygen atoms in total. The maximum absolute atomic E-state index is 6.04. The monoisotopic (exact) mass is 377 g/mol. The van der Waals surface area contributed by atoms with Gasteiger partial charge in [0.1, 0.15) is 0 Å². The summed E-state index contributed by atoms with van der Waals surface area (Å²) in [4.78, 5) is 0. The van der Waals surface area contributed by atoms with Crippen LogP contribution in [0.2, 0.25) is 0 Å². The molecule has 1 heteroatoms. The first-order valence-electron chi connectivity index (χ1n) is 10.2. The molecule has 0 bridgehead atoms. The molecule has 0 atom stereocenters. The first kappa shape index (κ1) is 21.1. The molecule has 3 rings (SSSR count).